The highest BCUT2D eigenvalue weighted by Gasteiger charge is 2.01. The molecule has 0 amide bonds. The quantitative estimate of drug-likeness (QED) is 0.457. The van der Waals surface area contributed by atoms with Crippen molar-refractivity contribution in [1.82, 2.24) is 20.6 Å². The summed E-state index contributed by atoms with van der Waals surface area (Å²) < 4.78 is 5.13. The van der Waals surface area contributed by atoms with Gasteiger partial charge in [-0.25, -0.2) is 15.0 Å². The van der Waals surface area contributed by atoms with E-state index in [2.05, 4.69) is 25.6 Å². The van der Waals surface area contributed by atoms with E-state index in [0.29, 0.717) is 17.6 Å². The molecule has 2 aromatic rings. The number of aliphatic imine (C=N–C) groups is 1. The maximum atomic E-state index is 5.79. The normalized spacial score (nSPS) is 11.2. The summed E-state index contributed by atoms with van der Waals surface area (Å²) in [6.45, 7) is 4.06. The Morgan fingerprint density at radius 3 is 2.83 bits per heavy atom. The fraction of sp³-hybridized carbons (Fsp3) is 0.353. The Morgan fingerprint density at radius 2 is 2.12 bits per heavy atom. The Balaban J connectivity index is 1.88. The number of ether oxygens (including phenoxy) is 1. The van der Waals surface area contributed by atoms with Crippen molar-refractivity contribution in [3.05, 3.63) is 52.9 Å². The molecule has 24 heavy (non-hydrogen) atoms. The minimum absolute atomic E-state index is 0.481. The van der Waals surface area contributed by atoms with E-state index >= 15 is 0 Å². The molecule has 0 spiro atoms. The molecule has 0 aliphatic rings. The Labute approximate surface area is 147 Å². The van der Waals surface area contributed by atoms with Crippen LogP contribution in [0.15, 0.2) is 41.5 Å². The molecule has 0 fully saturated rings. The highest BCUT2D eigenvalue weighted by molar-refractivity contribution is 6.29. The van der Waals surface area contributed by atoms with Crippen LogP contribution in [-0.2, 0) is 13.0 Å². The molecule has 0 radical (unpaired) electrons. The molecule has 6 nitrogen and oxygen atoms in total. The zero-order chi connectivity index (χ0) is 17.2. The van der Waals surface area contributed by atoms with Gasteiger partial charge < -0.3 is 15.4 Å². The van der Waals surface area contributed by atoms with Crippen LogP contribution in [0.4, 0.5) is 0 Å². The number of halogens is 1. The number of nitrogens with one attached hydrogen (secondary N) is 2. The topological polar surface area (TPSA) is 71.4 Å². The van der Waals surface area contributed by atoms with Gasteiger partial charge in [-0.3, -0.25) is 0 Å². The van der Waals surface area contributed by atoms with E-state index in [1.54, 1.807) is 19.4 Å². The van der Waals surface area contributed by atoms with Crippen LogP contribution >= 0.6 is 11.6 Å². The summed E-state index contributed by atoms with van der Waals surface area (Å²) in [6.07, 6.45) is 2.63. The van der Waals surface area contributed by atoms with Gasteiger partial charge >= 0.3 is 0 Å². The smallest absolute Gasteiger partial charge is 0.213 e. The van der Waals surface area contributed by atoms with Crippen LogP contribution in [0.1, 0.15) is 18.2 Å². The first-order valence-corrected chi connectivity index (χ1v) is 8.21. The largest absolute Gasteiger partial charge is 0.481 e. The van der Waals surface area contributed by atoms with E-state index < -0.39 is 0 Å². The fourth-order valence-corrected chi connectivity index (χ4v) is 2.15. The maximum absolute atomic E-state index is 5.79. The van der Waals surface area contributed by atoms with Gasteiger partial charge in [0.1, 0.15) is 5.15 Å². The van der Waals surface area contributed by atoms with Gasteiger partial charge in [0, 0.05) is 25.4 Å². The number of rotatable bonds is 7. The number of aromatic nitrogens is 2. The summed E-state index contributed by atoms with van der Waals surface area (Å²) in [6, 6.07) is 9.42. The number of pyridine rings is 2. The van der Waals surface area contributed by atoms with Crippen molar-refractivity contribution in [3.8, 4) is 5.88 Å². The highest BCUT2D eigenvalue weighted by Crippen LogP contribution is 2.07. The van der Waals surface area contributed by atoms with Crippen LogP contribution in [0.2, 0.25) is 5.15 Å². The molecule has 0 unspecified atom stereocenters. The van der Waals surface area contributed by atoms with Crippen molar-refractivity contribution in [1.29, 1.82) is 0 Å². The molecular formula is C17H22ClN5O. The molecule has 0 aliphatic heterocycles. The Morgan fingerprint density at radius 1 is 1.25 bits per heavy atom. The van der Waals surface area contributed by atoms with E-state index in [1.165, 1.54) is 0 Å². The van der Waals surface area contributed by atoms with Crippen molar-refractivity contribution in [2.45, 2.75) is 19.9 Å². The summed E-state index contributed by atoms with van der Waals surface area (Å²) in [5.41, 5.74) is 1.98. The third-order valence-electron chi connectivity index (χ3n) is 3.23. The van der Waals surface area contributed by atoms with Gasteiger partial charge in [0.15, 0.2) is 5.96 Å². The van der Waals surface area contributed by atoms with Gasteiger partial charge in [-0.05, 0) is 31.0 Å². The average molecular weight is 348 g/mol. The van der Waals surface area contributed by atoms with E-state index in [0.717, 1.165) is 36.7 Å². The highest BCUT2D eigenvalue weighted by atomic mass is 35.5. The van der Waals surface area contributed by atoms with Crippen LogP contribution in [-0.4, -0.2) is 36.1 Å². The molecule has 0 atom stereocenters. The summed E-state index contributed by atoms with van der Waals surface area (Å²) in [7, 11) is 1.60. The molecule has 128 valence electrons. The fourth-order valence-electron chi connectivity index (χ4n) is 2.04. The van der Waals surface area contributed by atoms with Crippen molar-refractivity contribution < 1.29 is 4.74 Å². The van der Waals surface area contributed by atoms with Gasteiger partial charge in [-0.2, -0.15) is 0 Å². The zero-order valence-corrected chi connectivity index (χ0v) is 14.7. The number of nitrogens with zero attached hydrogens (tertiary/aromatic N) is 3. The van der Waals surface area contributed by atoms with Crippen molar-refractivity contribution in [2.24, 2.45) is 4.99 Å². The molecule has 0 aliphatic carbocycles. The SMILES string of the molecule is CCNC(=NCc1cccc(OC)n1)NCCc1ccc(Cl)nc1. The second-order valence-corrected chi connectivity index (χ2v) is 5.42. The molecular weight excluding hydrogens is 326 g/mol. The lowest BCUT2D eigenvalue weighted by molar-refractivity contribution is 0.396. The molecule has 2 heterocycles. The molecule has 0 bridgehead atoms. The predicted molar refractivity (Wildman–Crippen MR) is 96.6 cm³/mol. The maximum Gasteiger partial charge on any atom is 0.213 e. The van der Waals surface area contributed by atoms with Gasteiger partial charge in [0.2, 0.25) is 5.88 Å². The lowest BCUT2D eigenvalue weighted by Gasteiger charge is -2.11. The number of hydrogen-bond acceptors (Lipinski definition) is 4. The second kappa shape index (κ2) is 9.72. The van der Waals surface area contributed by atoms with Crippen molar-refractivity contribution in [3.63, 3.8) is 0 Å². The third kappa shape index (κ3) is 6.04. The van der Waals surface area contributed by atoms with Crippen LogP contribution in [0, 0.1) is 0 Å². The third-order valence-corrected chi connectivity index (χ3v) is 3.45. The Bertz CT molecular complexity index is 660. The van der Waals surface area contributed by atoms with Gasteiger partial charge in [-0.1, -0.05) is 23.7 Å². The van der Waals surface area contributed by atoms with Crippen molar-refractivity contribution in [2.75, 3.05) is 20.2 Å². The van der Waals surface area contributed by atoms with Crippen LogP contribution in [0.25, 0.3) is 0 Å². The van der Waals surface area contributed by atoms with E-state index in [-0.39, 0.29) is 0 Å². The van der Waals surface area contributed by atoms with Crippen LogP contribution < -0.4 is 15.4 Å². The second-order valence-electron chi connectivity index (χ2n) is 5.03. The van der Waals surface area contributed by atoms with Crippen LogP contribution in [0.5, 0.6) is 5.88 Å². The predicted octanol–water partition coefficient (Wildman–Crippen LogP) is 2.44. The molecule has 2 N–H and O–H groups in total. The monoisotopic (exact) mass is 347 g/mol. The molecule has 0 saturated carbocycles. The lowest BCUT2D eigenvalue weighted by Crippen LogP contribution is -2.38. The average Bonchev–Trinajstić information content (AvgIpc) is 2.61. The molecule has 0 saturated heterocycles. The van der Waals surface area contributed by atoms with Crippen molar-refractivity contribution >= 4 is 17.6 Å². The molecule has 0 aromatic carbocycles. The minimum Gasteiger partial charge on any atom is -0.481 e. The number of guanidine groups is 1. The summed E-state index contributed by atoms with van der Waals surface area (Å²) in [4.78, 5) is 13.0. The standard InChI is InChI=1S/C17H22ClN5O/c1-3-19-17(20-10-9-13-7-8-15(18)21-11-13)22-12-14-5-4-6-16(23-14)24-2/h4-8,11H,3,9-10,12H2,1-2H3,(H2,19,20,22). The Kier molecular flexibility index (Phi) is 7.29. The number of hydrogen-bond donors (Lipinski definition) is 2. The van der Waals surface area contributed by atoms with Gasteiger partial charge in [-0.15, -0.1) is 0 Å². The summed E-state index contributed by atoms with van der Waals surface area (Å²) >= 11 is 5.79. The summed E-state index contributed by atoms with van der Waals surface area (Å²) in [5, 5.41) is 7.03. The molecule has 7 heteroatoms. The summed E-state index contributed by atoms with van der Waals surface area (Å²) in [5.74, 6) is 1.35. The Hall–Kier alpha value is -2.34. The van der Waals surface area contributed by atoms with Gasteiger partial charge in [0.25, 0.3) is 0 Å². The first-order chi connectivity index (χ1) is 11.7. The van der Waals surface area contributed by atoms with E-state index in [1.807, 2.05) is 31.2 Å². The molecule has 2 aromatic heterocycles. The molecule has 2 rings (SSSR count). The minimum atomic E-state index is 0.481. The zero-order valence-electron chi connectivity index (χ0n) is 13.9. The van der Waals surface area contributed by atoms with E-state index in [9.17, 15) is 0 Å². The first kappa shape index (κ1) is 18.0. The first-order valence-electron chi connectivity index (χ1n) is 7.83. The van der Waals surface area contributed by atoms with E-state index in [4.69, 9.17) is 16.3 Å². The van der Waals surface area contributed by atoms with Gasteiger partial charge in [0.05, 0.1) is 19.3 Å². The van der Waals surface area contributed by atoms with Crippen LogP contribution in [0.3, 0.4) is 0 Å². The number of methoxy groups -OCH3 is 1. The lowest BCUT2D eigenvalue weighted by atomic mass is 10.2.